The summed E-state index contributed by atoms with van der Waals surface area (Å²) in [5.74, 6) is -2.80. The molecule has 0 saturated carbocycles. The van der Waals surface area contributed by atoms with Crippen LogP contribution in [-0.2, 0) is 36.2 Å². The maximum absolute atomic E-state index is 10.4. The van der Waals surface area contributed by atoms with Gasteiger partial charge in [-0.1, -0.05) is 0 Å². The molecule has 2 aliphatic rings. The van der Waals surface area contributed by atoms with Crippen LogP contribution in [0.15, 0.2) is 0 Å². The van der Waals surface area contributed by atoms with Gasteiger partial charge in [0, 0.05) is 12.8 Å². The van der Waals surface area contributed by atoms with Gasteiger partial charge in [0.1, 0.15) is 0 Å². The van der Waals surface area contributed by atoms with Gasteiger partial charge in [0.15, 0.2) is 0 Å². The van der Waals surface area contributed by atoms with E-state index in [9.17, 15) is 29.4 Å². The van der Waals surface area contributed by atoms with Crippen LogP contribution >= 0.6 is 0 Å². The topological polar surface area (TPSA) is 138 Å². The zero-order valence-electron chi connectivity index (χ0n) is 9.81. The van der Waals surface area contributed by atoms with Gasteiger partial charge in [0.05, 0.1) is 24.0 Å². The Kier molecular flexibility index (Phi) is 7.10. The van der Waals surface area contributed by atoms with Crippen LogP contribution in [0.25, 0.3) is 0 Å². The molecule has 0 aromatic carbocycles. The number of carboxylic acid groups (broad SMARTS) is 2. The zero-order chi connectivity index (χ0) is 13.7. The van der Waals surface area contributed by atoms with E-state index in [-0.39, 0.29) is 28.9 Å². The first kappa shape index (κ1) is 17.4. The molecule has 0 aromatic rings. The van der Waals surface area contributed by atoms with Crippen LogP contribution < -0.4 is 20.8 Å². The van der Waals surface area contributed by atoms with Crippen LogP contribution in [0.5, 0.6) is 0 Å². The monoisotopic (exact) mass is 311 g/mol. The normalized spacial score (nSPS) is 24.4. The first-order chi connectivity index (χ1) is 8.40. The second-order valence-electron chi connectivity index (χ2n) is 3.96. The van der Waals surface area contributed by atoms with Crippen LogP contribution in [-0.4, -0.2) is 35.8 Å². The fourth-order valence-electron chi connectivity index (χ4n) is 1.58. The minimum absolute atomic E-state index is 0. The Labute approximate surface area is 119 Å². The Balaban J connectivity index is 0.000000324. The van der Waals surface area contributed by atoms with E-state index < -0.39 is 24.0 Å². The molecule has 105 valence electrons. The Bertz CT molecular complexity index is 350. The molecule has 0 bridgehead atoms. The van der Waals surface area contributed by atoms with Crippen LogP contribution in [0.3, 0.4) is 0 Å². The molecular weight excluding hydrogens is 299 g/mol. The summed E-state index contributed by atoms with van der Waals surface area (Å²) in [6, 6.07) is -1.50. The van der Waals surface area contributed by atoms with Gasteiger partial charge >= 0.3 is 17.1 Å². The zero-order valence-corrected chi connectivity index (χ0v) is 11.0. The van der Waals surface area contributed by atoms with E-state index >= 15 is 0 Å². The summed E-state index contributed by atoms with van der Waals surface area (Å²) < 4.78 is 0. The molecule has 2 N–H and O–H groups in total. The van der Waals surface area contributed by atoms with E-state index in [0.717, 1.165) is 0 Å². The predicted octanol–water partition coefficient (Wildman–Crippen LogP) is -3.97. The summed E-state index contributed by atoms with van der Waals surface area (Å²) in [7, 11) is 0. The number of carboxylic acids is 2. The van der Waals surface area contributed by atoms with Gasteiger partial charge in [0.25, 0.3) is 0 Å². The maximum atomic E-state index is 10.4. The molecule has 2 rings (SSSR count). The summed E-state index contributed by atoms with van der Waals surface area (Å²) in [5, 5.41) is 24.5. The smallest absolute Gasteiger partial charge is 0.548 e. The second kappa shape index (κ2) is 7.75. The van der Waals surface area contributed by atoms with E-state index in [1.165, 1.54) is 0 Å². The molecule has 1 radical (unpaired) electrons. The van der Waals surface area contributed by atoms with E-state index in [0.29, 0.717) is 25.7 Å². The van der Waals surface area contributed by atoms with Crippen LogP contribution in [0, 0.1) is 0 Å². The molecule has 8 nitrogen and oxygen atoms in total. The first-order valence-electron chi connectivity index (χ1n) is 5.40. The van der Waals surface area contributed by atoms with E-state index in [1.54, 1.807) is 0 Å². The van der Waals surface area contributed by atoms with Crippen molar-refractivity contribution >= 4 is 23.8 Å². The number of nitrogens with one attached hydrogen (secondary N) is 2. The quantitative estimate of drug-likeness (QED) is 0.499. The van der Waals surface area contributed by atoms with Crippen molar-refractivity contribution in [1.82, 2.24) is 10.6 Å². The van der Waals surface area contributed by atoms with E-state index in [2.05, 4.69) is 10.6 Å². The minimum atomic E-state index is -1.19. The molecule has 2 atom stereocenters. The number of aliphatic carboxylic acids is 2. The summed E-state index contributed by atoms with van der Waals surface area (Å²) in [5.41, 5.74) is 0. The number of hydrogen-bond acceptors (Lipinski definition) is 6. The number of carbonyl (C=O) groups is 4. The van der Waals surface area contributed by atoms with Crippen molar-refractivity contribution in [3.63, 3.8) is 0 Å². The standard InChI is InChI=1S/2C5H7NO3.Mn/c2*7-4-2-1-3(6-4)5(8)9;/h2*3H,1-2H2,(H,6,7)(H,8,9);/q;;+2/p-2. The fraction of sp³-hybridized carbons (Fsp3) is 0.600. The Morgan fingerprint density at radius 2 is 1.21 bits per heavy atom. The SMILES string of the molecule is O=C1CCC(C(=O)[O-])N1.O=C1CCC(C(=O)[O-])N1.[Mn+2]. The van der Waals surface area contributed by atoms with Gasteiger partial charge in [-0.3, -0.25) is 9.59 Å². The predicted molar refractivity (Wildman–Crippen MR) is 52.3 cm³/mol. The third-order valence-electron chi connectivity index (χ3n) is 2.56. The molecule has 2 heterocycles. The van der Waals surface area contributed by atoms with Gasteiger partial charge < -0.3 is 30.4 Å². The molecule has 9 heteroatoms. The molecule has 0 spiro atoms. The molecule has 2 amide bonds. The van der Waals surface area contributed by atoms with Gasteiger partial charge in [-0.2, -0.15) is 0 Å². The fourth-order valence-corrected chi connectivity index (χ4v) is 1.58. The molecule has 0 aromatic heterocycles. The molecule has 2 fully saturated rings. The van der Waals surface area contributed by atoms with Gasteiger partial charge in [0.2, 0.25) is 11.8 Å². The summed E-state index contributed by atoms with van der Waals surface area (Å²) >= 11 is 0. The summed E-state index contributed by atoms with van der Waals surface area (Å²) in [6.07, 6.45) is 1.33. The van der Waals surface area contributed by atoms with Crippen molar-refractivity contribution in [2.45, 2.75) is 37.8 Å². The van der Waals surface area contributed by atoms with E-state index in [1.807, 2.05) is 0 Å². The maximum Gasteiger partial charge on any atom is 2.00 e. The summed E-state index contributed by atoms with van der Waals surface area (Å²) in [6.45, 7) is 0. The van der Waals surface area contributed by atoms with Crippen molar-refractivity contribution in [2.75, 3.05) is 0 Å². The van der Waals surface area contributed by atoms with Gasteiger partial charge in [-0.15, -0.1) is 0 Å². The van der Waals surface area contributed by atoms with Crippen molar-refractivity contribution in [3.8, 4) is 0 Å². The molecule has 2 aliphatic heterocycles. The van der Waals surface area contributed by atoms with Crippen molar-refractivity contribution in [1.29, 1.82) is 0 Å². The average molecular weight is 311 g/mol. The molecule has 19 heavy (non-hydrogen) atoms. The number of carbonyl (C=O) groups excluding carboxylic acids is 4. The molecule has 0 aliphatic carbocycles. The first-order valence-corrected chi connectivity index (χ1v) is 5.40. The van der Waals surface area contributed by atoms with Crippen molar-refractivity contribution < 1.29 is 46.5 Å². The molecule has 2 unspecified atom stereocenters. The average Bonchev–Trinajstić information content (AvgIpc) is 2.88. The van der Waals surface area contributed by atoms with Crippen molar-refractivity contribution in [2.24, 2.45) is 0 Å². The molecular formula is C10H12MnN2O6. The second-order valence-corrected chi connectivity index (χ2v) is 3.96. The van der Waals surface area contributed by atoms with Gasteiger partial charge in [-0.25, -0.2) is 0 Å². The van der Waals surface area contributed by atoms with Crippen molar-refractivity contribution in [3.05, 3.63) is 0 Å². The third-order valence-corrected chi connectivity index (χ3v) is 2.56. The van der Waals surface area contributed by atoms with Gasteiger partial charge in [-0.05, 0) is 12.8 Å². The Morgan fingerprint density at radius 3 is 1.32 bits per heavy atom. The Hall–Kier alpha value is -1.60. The number of amides is 2. The third kappa shape index (κ3) is 5.71. The Morgan fingerprint density at radius 1 is 0.895 bits per heavy atom. The molecule has 2 saturated heterocycles. The van der Waals surface area contributed by atoms with Crippen LogP contribution in [0.4, 0.5) is 0 Å². The largest absolute Gasteiger partial charge is 2.00 e. The van der Waals surface area contributed by atoms with E-state index in [4.69, 9.17) is 0 Å². The summed E-state index contributed by atoms with van der Waals surface area (Å²) in [4.78, 5) is 40.8. The minimum Gasteiger partial charge on any atom is -0.548 e. The number of rotatable bonds is 2. The number of hydrogen-bond donors (Lipinski definition) is 2. The van der Waals surface area contributed by atoms with Crippen LogP contribution in [0.2, 0.25) is 0 Å². The van der Waals surface area contributed by atoms with Crippen LogP contribution in [0.1, 0.15) is 25.7 Å².